The number of para-hydroxylation sites is 2. The van der Waals surface area contributed by atoms with Crippen molar-refractivity contribution < 1.29 is 13.2 Å². The number of nitrogens with one attached hydrogen (secondary N) is 1. The summed E-state index contributed by atoms with van der Waals surface area (Å²) in [5.74, 6) is 1.36. The van der Waals surface area contributed by atoms with E-state index in [9.17, 15) is 8.42 Å². The van der Waals surface area contributed by atoms with Crippen LogP contribution in [0, 0.1) is 6.92 Å². The molecule has 0 aromatic heterocycles. The van der Waals surface area contributed by atoms with Crippen molar-refractivity contribution in [2.45, 2.75) is 30.7 Å². The Hall–Kier alpha value is -2.83. The molecule has 1 unspecified atom stereocenters. The van der Waals surface area contributed by atoms with E-state index in [0.717, 1.165) is 36.4 Å². The highest BCUT2D eigenvalue weighted by atomic mass is 32.2. The number of rotatable bonds is 7. The lowest BCUT2D eigenvalue weighted by Crippen LogP contribution is -2.40. The molecule has 0 bridgehead atoms. The van der Waals surface area contributed by atoms with E-state index in [2.05, 4.69) is 21.8 Å². The highest BCUT2D eigenvalue weighted by molar-refractivity contribution is 7.89. The van der Waals surface area contributed by atoms with Gasteiger partial charge in [-0.3, -0.25) is 0 Å². The third-order valence-corrected chi connectivity index (χ3v) is 6.87. The number of anilines is 1. The van der Waals surface area contributed by atoms with Crippen molar-refractivity contribution in [3.63, 3.8) is 0 Å². The number of nitrogens with zero attached hydrogens (tertiary/aromatic N) is 1. The summed E-state index contributed by atoms with van der Waals surface area (Å²) < 4.78 is 34.2. The molecule has 30 heavy (non-hydrogen) atoms. The van der Waals surface area contributed by atoms with Crippen molar-refractivity contribution in [1.82, 2.24) is 4.72 Å². The fraction of sp³-hybridized carbons (Fsp3) is 0.250. The molecule has 0 aliphatic carbocycles. The van der Waals surface area contributed by atoms with E-state index in [-0.39, 0.29) is 10.9 Å². The lowest BCUT2D eigenvalue weighted by atomic mass is 10.2. The number of benzene rings is 3. The maximum atomic E-state index is 12.8. The van der Waals surface area contributed by atoms with E-state index in [4.69, 9.17) is 4.74 Å². The molecule has 4 rings (SSSR count). The number of aryl methyl sites for hydroxylation is 1. The highest BCUT2D eigenvalue weighted by Crippen LogP contribution is 2.27. The first kappa shape index (κ1) is 20.4. The number of hydrogen-bond acceptors (Lipinski definition) is 4. The Morgan fingerprint density at radius 2 is 1.67 bits per heavy atom. The van der Waals surface area contributed by atoms with Crippen LogP contribution in [0.4, 0.5) is 5.69 Å². The summed E-state index contributed by atoms with van der Waals surface area (Å²) in [5, 5.41) is 0. The van der Waals surface area contributed by atoms with E-state index in [1.54, 1.807) is 24.3 Å². The Kier molecular flexibility index (Phi) is 6.06. The number of ether oxygens (including phenoxy) is 1. The van der Waals surface area contributed by atoms with Crippen LogP contribution >= 0.6 is 0 Å². The van der Waals surface area contributed by atoms with Gasteiger partial charge in [0, 0.05) is 24.8 Å². The van der Waals surface area contributed by atoms with Gasteiger partial charge in [-0.05, 0) is 67.8 Å². The van der Waals surface area contributed by atoms with Gasteiger partial charge in [0.2, 0.25) is 10.0 Å². The quantitative estimate of drug-likeness (QED) is 0.598. The molecule has 3 aromatic carbocycles. The van der Waals surface area contributed by atoms with Gasteiger partial charge in [0.1, 0.15) is 11.5 Å². The predicted octanol–water partition coefficient (Wildman–Crippen LogP) is 4.73. The van der Waals surface area contributed by atoms with Gasteiger partial charge in [-0.15, -0.1) is 0 Å². The second kappa shape index (κ2) is 8.90. The van der Waals surface area contributed by atoms with E-state index in [1.807, 2.05) is 49.4 Å². The van der Waals surface area contributed by atoms with Crippen LogP contribution in [0.2, 0.25) is 0 Å². The van der Waals surface area contributed by atoms with Gasteiger partial charge in [-0.2, -0.15) is 0 Å². The SMILES string of the molecule is Cc1ccccc1Oc1ccc(S(=O)(=O)NCC2CCCN2c2ccccc2)cc1. The van der Waals surface area contributed by atoms with Crippen LogP contribution in [0.15, 0.2) is 83.8 Å². The van der Waals surface area contributed by atoms with Crippen LogP contribution in [-0.2, 0) is 10.0 Å². The molecular weight excluding hydrogens is 396 g/mol. The second-order valence-corrected chi connectivity index (χ2v) is 9.28. The van der Waals surface area contributed by atoms with Crippen LogP contribution in [0.3, 0.4) is 0 Å². The zero-order chi connectivity index (χ0) is 21.0. The van der Waals surface area contributed by atoms with E-state index >= 15 is 0 Å². The molecule has 1 heterocycles. The van der Waals surface area contributed by atoms with Gasteiger partial charge in [0.15, 0.2) is 0 Å². The molecule has 5 nitrogen and oxygen atoms in total. The van der Waals surface area contributed by atoms with Gasteiger partial charge in [0.25, 0.3) is 0 Å². The normalized spacial score (nSPS) is 16.6. The van der Waals surface area contributed by atoms with Crippen molar-refractivity contribution in [2.24, 2.45) is 0 Å². The van der Waals surface area contributed by atoms with Crippen molar-refractivity contribution >= 4 is 15.7 Å². The lowest BCUT2D eigenvalue weighted by molar-refractivity contribution is 0.478. The molecule has 1 fully saturated rings. The Bertz CT molecular complexity index is 1080. The molecule has 1 N–H and O–H groups in total. The molecule has 156 valence electrons. The standard InChI is InChI=1S/C24H26N2O3S/c1-19-8-5-6-12-24(19)29-22-13-15-23(16-14-22)30(27,28)25-18-21-11-7-17-26(21)20-9-3-2-4-10-20/h2-6,8-10,12-16,21,25H,7,11,17-18H2,1H3. The molecule has 1 atom stereocenters. The second-order valence-electron chi connectivity index (χ2n) is 7.52. The molecule has 0 saturated carbocycles. The van der Waals surface area contributed by atoms with Crippen molar-refractivity contribution in [3.8, 4) is 11.5 Å². The first-order valence-electron chi connectivity index (χ1n) is 10.2. The zero-order valence-corrected chi connectivity index (χ0v) is 17.8. The summed E-state index contributed by atoms with van der Waals surface area (Å²) in [7, 11) is -3.58. The van der Waals surface area contributed by atoms with Gasteiger partial charge in [-0.25, -0.2) is 13.1 Å². The van der Waals surface area contributed by atoms with Gasteiger partial charge < -0.3 is 9.64 Å². The average molecular weight is 423 g/mol. The molecule has 0 amide bonds. The number of hydrogen-bond donors (Lipinski definition) is 1. The Labute approximate surface area is 178 Å². The minimum atomic E-state index is -3.58. The van der Waals surface area contributed by atoms with Crippen LogP contribution in [0.5, 0.6) is 11.5 Å². The first-order valence-corrected chi connectivity index (χ1v) is 11.7. The first-order chi connectivity index (χ1) is 14.5. The molecule has 1 aliphatic rings. The van der Waals surface area contributed by atoms with Gasteiger partial charge in [0.05, 0.1) is 4.90 Å². The average Bonchev–Trinajstić information content (AvgIpc) is 3.24. The monoisotopic (exact) mass is 422 g/mol. The third kappa shape index (κ3) is 4.66. The zero-order valence-electron chi connectivity index (χ0n) is 17.0. The maximum Gasteiger partial charge on any atom is 0.240 e. The lowest BCUT2D eigenvalue weighted by Gasteiger charge is -2.27. The van der Waals surface area contributed by atoms with E-state index in [1.165, 1.54) is 0 Å². The Balaban J connectivity index is 1.40. The van der Waals surface area contributed by atoms with E-state index < -0.39 is 10.0 Å². The van der Waals surface area contributed by atoms with Crippen molar-refractivity contribution in [1.29, 1.82) is 0 Å². The largest absolute Gasteiger partial charge is 0.457 e. The Morgan fingerprint density at radius 1 is 0.967 bits per heavy atom. The van der Waals surface area contributed by atoms with Gasteiger partial charge >= 0.3 is 0 Å². The Morgan fingerprint density at radius 3 is 2.40 bits per heavy atom. The minimum Gasteiger partial charge on any atom is -0.457 e. The maximum absolute atomic E-state index is 12.8. The number of sulfonamides is 1. The minimum absolute atomic E-state index is 0.158. The van der Waals surface area contributed by atoms with Gasteiger partial charge in [-0.1, -0.05) is 36.4 Å². The smallest absolute Gasteiger partial charge is 0.240 e. The third-order valence-electron chi connectivity index (χ3n) is 5.43. The van der Waals surface area contributed by atoms with Crippen LogP contribution in [-0.4, -0.2) is 27.5 Å². The fourth-order valence-corrected chi connectivity index (χ4v) is 4.85. The predicted molar refractivity (Wildman–Crippen MR) is 120 cm³/mol. The summed E-state index contributed by atoms with van der Waals surface area (Å²) in [6, 6.07) is 24.6. The van der Waals surface area contributed by atoms with Crippen LogP contribution < -0.4 is 14.4 Å². The highest BCUT2D eigenvalue weighted by Gasteiger charge is 2.26. The van der Waals surface area contributed by atoms with Crippen molar-refractivity contribution in [3.05, 3.63) is 84.4 Å². The van der Waals surface area contributed by atoms with Crippen LogP contribution in [0.25, 0.3) is 0 Å². The fourth-order valence-electron chi connectivity index (χ4n) is 3.78. The summed E-state index contributed by atoms with van der Waals surface area (Å²) in [6.07, 6.45) is 2.03. The summed E-state index contributed by atoms with van der Waals surface area (Å²) in [4.78, 5) is 2.52. The molecule has 1 aliphatic heterocycles. The molecule has 0 radical (unpaired) electrons. The summed E-state index contributed by atoms with van der Waals surface area (Å²) in [6.45, 7) is 3.31. The molecule has 0 spiro atoms. The summed E-state index contributed by atoms with van der Waals surface area (Å²) in [5.41, 5.74) is 2.16. The topological polar surface area (TPSA) is 58.6 Å². The molecule has 1 saturated heterocycles. The molecule has 3 aromatic rings. The van der Waals surface area contributed by atoms with E-state index in [0.29, 0.717) is 12.3 Å². The van der Waals surface area contributed by atoms with Crippen molar-refractivity contribution in [2.75, 3.05) is 18.0 Å². The van der Waals surface area contributed by atoms with Crippen LogP contribution in [0.1, 0.15) is 18.4 Å². The summed E-state index contributed by atoms with van der Waals surface area (Å²) >= 11 is 0. The molecule has 6 heteroatoms. The molecular formula is C24H26N2O3S.